The SMILES string of the molecule is CC1(C)CCN(C(=O)NC(=O)CCCC(=O)O)CC1. The fourth-order valence-electron chi connectivity index (χ4n) is 1.98. The van der Waals surface area contributed by atoms with Crippen LogP contribution in [0.5, 0.6) is 0 Å². The summed E-state index contributed by atoms with van der Waals surface area (Å²) < 4.78 is 0. The maximum atomic E-state index is 11.8. The highest BCUT2D eigenvalue weighted by Crippen LogP contribution is 2.29. The Hall–Kier alpha value is -1.59. The van der Waals surface area contributed by atoms with Gasteiger partial charge in [0.15, 0.2) is 0 Å². The monoisotopic (exact) mass is 270 g/mol. The van der Waals surface area contributed by atoms with Crippen LogP contribution in [0.3, 0.4) is 0 Å². The van der Waals surface area contributed by atoms with Crippen LogP contribution in [0.25, 0.3) is 0 Å². The molecule has 1 aliphatic heterocycles. The first-order valence-corrected chi connectivity index (χ1v) is 6.61. The predicted octanol–water partition coefficient (Wildman–Crippen LogP) is 1.60. The second kappa shape index (κ2) is 6.54. The van der Waals surface area contributed by atoms with Crippen molar-refractivity contribution >= 4 is 17.9 Å². The van der Waals surface area contributed by atoms with Crippen molar-refractivity contribution in [2.45, 2.75) is 46.0 Å². The van der Waals surface area contributed by atoms with E-state index in [1.807, 2.05) is 0 Å². The van der Waals surface area contributed by atoms with E-state index in [1.54, 1.807) is 4.90 Å². The Morgan fingerprint density at radius 2 is 1.74 bits per heavy atom. The molecule has 108 valence electrons. The van der Waals surface area contributed by atoms with Gasteiger partial charge < -0.3 is 10.0 Å². The van der Waals surface area contributed by atoms with Crippen molar-refractivity contribution in [1.82, 2.24) is 10.2 Å². The van der Waals surface area contributed by atoms with Crippen LogP contribution >= 0.6 is 0 Å². The lowest BCUT2D eigenvalue weighted by Gasteiger charge is -2.36. The average molecular weight is 270 g/mol. The van der Waals surface area contributed by atoms with Crippen molar-refractivity contribution in [3.63, 3.8) is 0 Å². The van der Waals surface area contributed by atoms with Crippen molar-refractivity contribution in [2.75, 3.05) is 13.1 Å². The van der Waals surface area contributed by atoms with Gasteiger partial charge in [-0.25, -0.2) is 4.79 Å². The molecule has 6 nitrogen and oxygen atoms in total. The second-order valence-corrected chi connectivity index (χ2v) is 5.75. The van der Waals surface area contributed by atoms with Gasteiger partial charge in [-0.15, -0.1) is 0 Å². The van der Waals surface area contributed by atoms with Gasteiger partial charge in [-0.2, -0.15) is 0 Å². The van der Waals surface area contributed by atoms with Crippen molar-refractivity contribution in [3.05, 3.63) is 0 Å². The third-order valence-electron chi connectivity index (χ3n) is 3.45. The summed E-state index contributed by atoms with van der Waals surface area (Å²) in [7, 11) is 0. The number of likely N-dealkylation sites (tertiary alicyclic amines) is 1. The molecule has 1 saturated heterocycles. The lowest BCUT2D eigenvalue weighted by molar-refractivity contribution is -0.137. The highest BCUT2D eigenvalue weighted by molar-refractivity contribution is 5.94. The standard InChI is InChI=1S/C13H22N2O4/c1-13(2)6-8-15(9-7-13)12(19)14-10(16)4-3-5-11(17)18/h3-9H2,1-2H3,(H,17,18)(H,14,16,19). The molecule has 1 aliphatic rings. The maximum Gasteiger partial charge on any atom is 0.324 e. The minimum Gasteiger partial charge on any atom is -0.481 e. The van der Waals surface area contributed by atoms with E-state index < -0.39 is 11.9 Å². The molecule has 1 heterocycles. The molecule has 0 aliphatic carbocycles. The number of carbonyl (C=O) groups is 3. The van der Waals surface area contributed by atoms with Crippen LogP contribution < -0.4 is 5.32 Å². The van der Waals surface area contributed by atoms with E-state index >= 15 is 0 Å². The summed E-state index contributed by atoms with van der Waals surface area (Å²) in [6, 6.07) is -0.365. The first-order chi connectivity index (χ1) is 8.80. The summed E-state index contributed by atoms with van der Waals surface area (Å²) in [5, 5.41) is 10.8. The topological polar surface area (TPSA) is 86.7 Å². The highest BCUT2D eigenvalue weighted by atomic mass is 16.4. The molecule has 0 saturated carbocycles. The predicted molar refractivity (Wildman–Crippen MR) is 69.6 cm³/mol. The van der Waals surface area contributed by atoms with E-state index in [4.69, 9.17) is 5.11 Å². The first-order valence-electron chi connectivity index (χ1n) is 6.61. The van der Waals surface area contributed by atoms with Crippen LogP contribution in [0.1, 0.15) is 46.0 Å². The molecule has 0 unspecified atom stereocenters. The largest absolute Gasteiger partial charge is 0.481 e. The number of nitrogens with one attached hydrogen (secondary N) is 1. The number of imide groups is 1. The van der Waals surface area contributed by atoms with Crippen molar-refractivity contribution in [3.8, 4) is 0 Å². The number of amides is 3. The molecule has 1 fully saturated rings. The number of urea groups is 1. The van der Waals surface area contributed by atoms with Gasteiger partial charge in [-0.3, -0.25) is 14.9 Å². The van der Waals surface area contributed by atoms with E-state index in [9.17, 15) is 14.4 Å². The highest BCUT2D eigenvalue weighted by Gasteiger charge is 2.28. The van der Waals surface area contributed by atoms with Gasteiger partial charge in [0, 0.05) is 25.9 Å². The Morgan fingerprint density at radius 1 is 1.16 bits per heavy atom. The molecule has 0 aromatic carbocycles. The molecule has 0 atom stereocenters. The van der Waals surface area contributed by atoms with Crippen molar-refractivity contribution in [1.29, 1.82) is 0 Å². The van der Waals surface area contributed by atoms with Crippen LogP contribution in [-0.4, -0.2) is 41.0 Å². The van der Waals surface area contributed by atoms with Crippen molar-refractivity contribution < 1.29 is 19.5 Å². The maximum absolute atomic E-state index is 11.8. The minimum absolute atomic E-state index is 0.0560. The smallest absolute Gasteiger partial charge is 0.324 e. The summed E-state index contributed by atoms with van der Waals surface area (Å²) in [4.78, 5) is 35.2. The quantitative estimate of drug-likeness (QED) is 0.812. The summed E-state index contributed by atoms with van der Waals surface area (Å²) in [6.07, 6.45) is 2.11. The molecule has 0 aromatic heterocycles. The number of hydrogen-bond donors (Lipinski definition) is 2. The van der Waals surface area contributed by atoms with Gasteiger partial charge in [0.05, 0.1) is 0 Å². The number of carboxylic acids is 1. The molecule has 0 bridgehead atoms. The third kappa shape index (κ3) is 5.72. The Labute approximate surface area is 113 Å². The van der Waals surface area contributed by atoms with E-state index in [1.165, 1.54) is 0 Å². The summed E-state index contributed by atoms with van der Waals surface area (Å²) in [5.41, 5.74) is 0.252. The molecular weight excluding hydrogens is 248 g/mol. The van der Waals surface area contributed by atoms with Gasteiger partial charge in [-0.1, -0.05) is 13.8 Å². The van der Waals surface area contributed by atoms with Crippen LogP contribution in [0.2, 0.25) is 0 Å². The molecule has 0 aromatic rings. The van der Waals surface area contributed by atoms with Crippen molar-refractivity contribution in [2.24, 2.45) is 5.41 Å². The normalized spacial score (nSPS) is 17.9. The molecule has 0 radical (unpaired) electrons. The summed E-state index contributed by atoms with van der Waals surface area (Å²) in [5.74, 6) is -1.34. The zero-order valence-corrected chi connectivity index (χ0v) is 11.6. The molecular formula is C13H22N2O4. The molecule has 6 heteroatoms. The summed E-state index contributed by atoms with van der Waals surface area (Å²) in [6.45, 7) is 5.64. The Kier molecular flexibility index (Phi) is 5.32. The van der Waals surface area contributed by atoms with Crippen LogP contribution in [0.15, 0.2) is 0 Å². The number of hydrogen-bond acceptors (Lipinski definition) is 3. The van der Waals surface area contributed by atoms with E-state index in [-0.39, 0.29) is 30.7 Å². The first kappa shape index (κ1) is 15.5. The van der Waals surface area contributed by atoms with E-state index in [0.717, 1.165) is 12.8 Å². The van der Waals surface area contributed by atoms with Gasteiger partial charge in [0.2, 0.25) is 5.91 Å². The van der Waals surface area contributed by atoms with Crippen LogP contribution in [0.4, 0.5) is 4.79 Å². The molecule has 2 N–H and O–H groups in total. The number of piperidine rings is 1. The number of carbonyl (C=O) groups excluding carboxylic acids is 2. The zero-order valence-electron chi connectivity index (χ0n) is 11.6. The minimum atomic E-state index is -0.933. The van der Waals surface area contributed by atoms with Gasteiger partial charge >= 0.3 is 12.0 Å². The number of nitrogens with zero attached hydrogens (tertiary/aromatic N) is 1. The zero-order chi connectivity index (χ0) is 14.5. The number of carboxylic acid groups (broad SMARTS) is 1. The lowest BCUT2D eigenvalue weighted by Crippen LogP contribution is -2.47. The molecule has 3 amide bonds. The Balaban J connectivity index is 2.27. The van der Waals surface area contributed by atoms with Crippen LogP contribution in [0, 0.1) is 5.41 Å². The van der Waals surface area contributed by atoms with Gasteiger partial charge in [0.25, 0.3) is 0 Å². The fourth-order valence-corrected chi connectivity index (χ4v) is 1.98. The van der Waals surface area contributed by atoms with Gasteiger partial charge in [-0.05, 0) is 24.7 Å². The fraction of sp³-hybridized carbons (Fsp3) is 0.769. The molecule has 19 heavy (non-hydrogen) atoms. The molecule has 0 spiro atoms. The Morgan fingerprint density at radius 3 is 2.26 bits per heavy atom. The third-order valence-corrected chi connectivity index (χ3v) is 3.45. The lowest BCUT2D eigenvalue weighted by atomic mass is 9.83. The summed E-state index contributed by atoms with van der Waals surface area (Å²) >= 11 is 0. The van der Waals surface area contributed by atoms with E-state index in [0.29, 0.717) is 13.1 Å². The van der Waals surface area contributed by atoms with E-state index in [2.05, 4.69) is 19.2 Å². The number of aliphatic carboxylic acids is 1. The Bertz CT molecular complexity index is 356. The van der Waals surface area contributed by atoms with Gasteiger partial charge in [0.1, 0.15) is 0 Å². The average Bonchev–Trinajstić information content (AvgIpc) is 2.27. The second-order valence-electron chi connectivity index (χ2n) is 5.75. The molecule has 1 rings (SSSR count). The number of rotatable bonds is 4. The van der Waals surface area contributed by atoms with Crippen LogP contribution in [-0.2, 0) is 9.59 Å².